The zero-order valence-corrected chi connectivity index (χ0v) is 12.7. The second kappa shape index (κ2) is 29.2. The molecule has 0 bridgehead atoms. The zero-order chi connectivity index (χ0) is 13.3. The van der Waals surface area contributed by atoms with E-state index in [2.05, 4.69) is 18.8 Å². The normalized spacial score (nSPS) is 8.00. The van der Waals surface area contributed by atoms with Crippen molar-refractivity contribution < 1.29 is 0 Å². The molecule has 0 amide bonds. The van der Waals surface area contributed by atoms with Gasteiger partial charge in [-0.25, -0.2) is 0 Å². The molecule has 0 rings (SSSR count). The van der Waals surface area contributed by atoms with Gasteiger partial charge in [0.1, 0.15) is 0 Å². The molecule has 0 heterocycles. The molecule has 0 unspecified atom stereocenters. The summed E-state index contributed by atoms with van der Waals surface area (Å²) >= 11 is 0. The Kier molecular flexibility index (Phi) is 46.5. The predicted molar refractivity (Wildman–Crippen MR) is 76.9 cm³/mol. The van der Waals surface area contributed by atoms with E-state index in [9.17, 15) is 0 Å². The summed E-state index contributed by atoms with van der Waals surface area (Å²) in [5.41, 5.74) is 2.20. The van der Waals surface area contributed by atoms with Crippen LogP contribution in [0.3, 0.4) is 0 Å². The van der Waals surface area contributed by atoms with Crippen LogP contribution in [0.5, 0.6) is 0 Å². The summed E-state index contributed by atoms with van der Waals surface area (Å²) in [6.45, 7) is 20.2. The Labute approximate surface area is 98.7 Å². The van der Waals surface area contributed by atoms with E-state index in [1.807, 2.05) is 61.5 Å². The Morgan fingerprint density at radius 3 is 1.27 bits per heavy atom. The fourth-order valence-corrected chi connectivity index (χ4v) is 0.417. The largest absolute Gasteiger partial charge is 0.263 e. The SMILES string of the molecule is C/C=C(/C)N=C(C)C.CC.CC.CCC. The van der Waals surface area contributed by atoms with Crippen molar-refractivity contribution in [2.75, 3.05) is 0 Å². The average Bonchev–Trinajstić information content (AvgIpc) is 2.24. The van der Waals surface area contributed by atoms with Crippen LogP contribution in [0.2, 0.25) is 0 Å². The summed E-state index contributed by atoms with van der Waals surface area (Å²) in [5, 5.41) is 0. The van der Waals surface area contributed by atoms with Gasteiger partial charge in [0.15, 0.2) is 0 Å². The van der Waals surface area contributed by atoms with Crippen molar-refractivity contribution >= 4 is 5.71 Å². The number of rotatable bonds is 1. The molecule has 0 saturated heterocycles. The zero-order valence-electron chi connectivity index (χ0n) is 12.7. The summed E-state index contributed by atoms with van der Waals surface area (Å²) in [6, 6.07) is 0. The molecular formula is C14H33N. The predicted octanol–water partition coefficient (Wildman–Crippen LogP) is 5.86. The Morgan fingerprint density at radius 1 is 0.933 bits per heavy atom. The first-order chi connectivity index (χ1) is 7.08. The fourth-order valence-electron chi connectivity index (χ4n) is 0.417. The molecular weight excluding hydrogens is 182 g/mol. The van der Waals surface area contributed by atoms with Crippen LogP contribution < -0.4 is 0 Å². The molecule has 0 aromatic rings. The molecule has 0 N–H and O–H groups in total. The van der Waals surface area contributed by atoms with Gasteiger partial charge in [-0.2, -0.15) is 0 Å². The van der Waals surface area contributed by atoms with E-state index < -0.39 is 0 Å². The van der Waals surface area contributed by atoms with Crippen molar-refractivity contribution in [1.29, 1.82) is 0 Å². The van der Waals surface area contributed by atoms with Crippen LogP contribution in [0.25, 0.3) is 0 Å². The molecule has 0 radical (unpaired) electrons. The highest BCUT2D eigenvalue weighted by Crippen LogP contribution is 1.92. The minimum Gasteiger partial charge on any atom is -0.263 e. The first-order valence-electron chi connectivity index (χ1n) is 6.23. The number of hydrogen-bond donors (Lipinski definition) is 0. The van der Waals surface area contributed by atoms with Crippen molar-refractivity contribution in [2.24, 2.45) is 4.99 Å². The first-order valence-corrected chi connectivity index (χ1v) is 6.23. The van der Waals surface area contributed by atoms with Crippen LogP contribution in [-0.4, -0.2) is 5.71 Å². The van der Waals surface area contributed by atoms with E-state index in [4.69, 9.17) is 0 Å². The number of allylic oxidation sites excluding steroid dienone is 2. The standard InChI is InChI=1S/C7H13N.C3H8.2C2H6/c1-5-7(4)8-6(2)3;1-3-2;2*1-2/h5H,1-4H3;3H2,1-2H3;2*1-2H3/b7-5-;;;. The van der Waals surface area contributed by atoms with Crippen LogP contribution in [0.15, 0.2) is 16.8 Å². The van der Waals surface area contributed by atoms with Gasteiger partial charge < -0.3 is 0 Å². The number of hydrogen-bond acceptors (Lipinski definition) is 1. The van der Waals surface area contributed by atoms with E-state index in [-0.39, 0.29) is 0 Å². The van der Waals surface area contributed by atoms with Crippen molar-refractivity contribution in [2.45, 2.75) is 75.7 Å². The smallest absolute Gasteiger partial charge is 0.0329 e. The molecule has 0 aliphatic rings. The molecule has 0 aliphatic carbocycles. The number of nitrogens with zero attached hydrogens (tertiary/aromatic N) is 1. The molecule has 0 aliphatic heterocycles. The molecule has 0 fully saturated rings. The third-order valence-electron chi connectivity index (χ3n) is 0.818. The lowest BCUT2D eigenvalue weighted by molar-refractivity contribution is 1.09. The van der Waals surface area contributed by atoms with E-state index in [1.165, 1.54) is 6.42 Å². The Hall–Kier alpha value is -0.590. The highest BCUT2D eigenvalue weighted by atomic mass is 14.7. The molecule has 0 saturated carbocycles. The highest BCUT2D eigenvalue weighted by Gasteiger charge is 1.78. The second-order valence-electron chi connectivity index (χ2n) is 2.70. The van der Waals surface area contributed by atoms with Gasteiger partial charge in [-0.3, -0.25) is 4.99 Å². The van der Waals surface area contributed by atoms with E-state index in [1.54, 1.807) is 0 Å². The summed E-state index contributed by atoms with van der Waals surface area (Å²) in [5.74, 6) is 0. The van der Waals surface area contributed by atoms with E-state index in [0.717, 1.165) is 11.4 Å². The van der Waals surface area contributed by atoms with Gasteiger partial charge in [-0.05, 0) is 27.7 Å². The van der Waals surface area contributed by atoms with E-state index in [0.29, 0.717) is 0 Å². The number of aliphatic imine (C=N–C) groups is 1. The lowest BCUT2D eigenvalue weighted by Crippen LogP contribution is -1.79. The van der Waals surface area contributed by atoms with Crippen molar-refractivity contribution in [1.82, 2.24) is 0 Å². The molecule has 1 nitrogen and oxygen atoms in total. The van der Waals surface area contributed by atoms with Gasteiger partial charge in [0, 0.05) is 11.4 Å². The maximum absolute atomic E-state index is 4.17. The van der Waals surface area contributed by atoms with Crippen LogP contribution >= 0.6 is 0 Å². The topological polar surface area (TPSA) is 12.4 Å². The maximum atomic E-state index is 4.17. The minimum absolute atomic E-state index is 1.09. The monoisotopic (exact) mass is 215 g/mol. The summed E-state index contributed by atoms with van der Waals surface area (Å²) in [6.07, 6.45) is 3.24. The molecule has 15 heavy (non-hydrogen) atoms. The second-order valence-corrected chi connectivity index (χ2v) is 2.70. The quantitative estimate of drug-likeness (QED) is 0.486. The fraction of sp³-hybridized carbons (Fsp3) is 0.786. The van der Waals surface area contributed by atoms with E-state index >= 15 is 0 Å². The summed E-state index contributed by atoms with van der Waals surface area (Å²) < 4.78 is 0. The maximum Gasteiger partial charge on any atom is 0.0329 e. The molecule has 0 aromatic heterocycles. The highest BCUT2D eigenvalue weighted by molar-refractivity contribution is 5.80. The molecule has 0 atom stereocenters. The van der Waals surface area contributed by atoms with Gasteiger partial charge >= 0.3 is 0 Å². The van der Waals surface area contributed by atoms with Gasteiger partial charge in [0.05, 0.1) is 0 Å². The minimum atomic E-state index is 1.09. The molecule has 94 valence electrons. The molecule has 1 heteroatoms. The van der Waals surface area contributed by atoms with Crippen molar-refractivity contribution in [3.05, 3.63) is 11.8 Å². The first kappa shape index (κ1) is 23.9. The Bertz CT molecular complexity index is 128. The molecule has 0 spiro atoms. The Morgan fingerprint density at radius 2 is 1.20 bits per heavy atom. The Balaban J connectivity index is -0.0000000726. The van der Waals surface area contributed by atoms with Gasteiger partial charge in [0.2, 0.25) is 0 Å². The van der Waals surface area contributed by atoms with Crippen molar-refractivity contribution in [3.8, 4) is 0 Å². The van der Waals surface area contributed by atoms with Gasteiger partial charge in [0.25, 0.3) is 0 Å². The average molecular weight is 215 g/mol. The van der Waals surface area contributed by atoms with Gasteiger partial charge in [-0.1, -0.05) is 54.0 Å². The molecule has 0 aromatic carbocycles. The van der Waals surface area contributed by atoms with Crippen LogP contribution in [0, 0.1) is 0 Å². The summed E-state index contributed by atoms with van der Waals surface area (Å²) in [7, 11) is 0. The lowest BCUT2D eigenvalue weighted by Gasteiger charge is -1.88. The van der Waals surface area contributed by atoms with Crippen LogP contribution in [-0.2, 0) is 0 Å². The third kappa shape index (κ3) is 59.6. The van der Waals surface area contributed by atoms with Crippen LogP contribution in [0.4, 0.5) is 0 Å². The van der Waals surface area contributed by atoms with Crippen LogP contribution in [0.1, 0.15) is 75.7 Å². The lowest BCUT2D eigenvalue weighted by atomic mass is 10.4. The summed E-state index contributed by atoms with van der Waals surface area (Å²) in [4.78, 5) is 4.17. The third-order valence-corrected chi connectivity index (χ3v) is 0.818. The van der Waals surface area contributed by atoms with Crippen molar-refractivity contribution in [3.63, 3.8) is 0 Å². The van der Waals surface area contributed by atoms with Gasteiger partial charge in [-0.15, -0.1) is 0 Å².